The summed E-state index contributed by atoms with van der Waals surface area (Å²) in [4.78, 5) is 0. The molecule has 0 rings (SSSR count). The first kappa shape index (κ1) is 19.0. The fourth-order valence-corrected chi connectivity index (χ4v) is 2.72. The highest BCUT2D eigenvalue weighted by molar-refractivity contribution is 4.56. The molecule has 0 spiro atoms. The third-order valence-electron chi connectivity index (χ3n) is 4.14. The van der Waals surface area contributed by atoms with Crippen LogP contribution >= 0.6 is 0 Å². The molecule has 0 aromatic carbocycles. The molecular weight excluding hydrogens is 228 g/mol. The normalized spacial score (nSPS) is 12.8. The minimum absolute atomic E-state index is 0.952. The fourth-order valence-electron chi connectivity index (χ4n) is 2.72. The molecule has 0 aromatic rings. The number of hydrogen-bond donors (Lipinski definition) is 0. The van der Waals surface area contributed by atoms with Crippen molar-refractivity contribution in [2.75, 3.05) is 0 Å². The molecule has 1 unspecified atom stereocenters. The van der Waals surface area contributed by atoms with E-state index in [4.69, 9.17) is 0 Å². The Hall–Kier alpha value is 0. The van der Waals surface area contributed by atoms with Gasteiger partial charge in [0.25, 0.3) is 0 Å². The fraction of sp³-hybridized carbons (Fsp3) is 0.895. The van der Waals surface area contributed by atoms with Gasteiger partial charge in [-0.1, -0.05) is 117 Å². The van der Waals surface area contributed by atoms with Crippen LogP contribution in [-0.4, -0.2) is 0 Å². The van der Waals surface area contributed by atoms with Gasteiger partial charge >= 0.3 is 0 Å². The van der Waals surface area contributed by atoms with Gasteiger partial charge in [0.15, 0.2) is 0 Å². The first-order valence-electron chi connectivity index (χ1n) is 8.89. The Kier molecular flexibility index (Phi) is 16.1. The molecule has 0 heterocycles. The number of hydrogen-bond acceptors (Lipinski definition) is 0. The maximum absolute atomic E-state index is 3.89. The Morgan fingerprint density at radius 3 is 1.21 bits per heavy atom. The van der Waals surface area contributed by atoms with Crippen molar-refractivity contribution in [3.63, 3.8) is 0 Å². The lowest BCUT2D eigenvalue weighted by Gasteiger charge is -2.11. The highest BCUT2D eigenvalue weighted by Gasteiger charge is 2.01. The number of rotatable bonds is 15. The van der Waals surface area contributed by atoms with Crippen molar-refractivity contribution in [2.45, 2.75) is 103 Å². The summed E-state index contributed by atoms with van der Waals surface area (Å²) in [5.41, 5.74) is 0. The molecule has 0 saturated heterocycles. The molecule has 114 valence electrons. The Bertz CT molecular complexity index is 150. The van der Waals surface area contributed by atoms with Crippen LogP contribution in [0.25, 0.3) is 0 Å². The van der Waals surface area contributed by atoms with Crippen LogP contribution in [0.2, 0.25) is 0 Å². The van der Waals surface area contributed by atoms with Gasteiger partial charge in [0, 0.05) is 0 Å². The van der Waals surface area contributed by atoms with E-state index in [0.717, 1.165) is 18.8 Å². The molecule has 0 fully saturated rings. The summed E-state index contributed by atoms with van der Waals surface area (Å²) >= 11 is 0. The third-order valence-corrected chi connectivity index (χ3v) is 4.14. The molecule has 19 heavy (non-hydrogen) atoms. The number of unbranched alkanes of at least 4 members (excludes halogenated alkanes) is 11. The topological polar surface area (TPSA) is 0 Å². The molecule has 0 nitrogen and oxygen atoms in total. The van der Waals surface area contributed by atoms with Gasteiger partial charge < -0.3 is 0 Å². The maximum atomic E-state index is 3.89. The van der Waals surface area contributed by atoms with E-state index >= 15 is 0 Å². The first-order chi connectivity index (χ1) is 9.31. The van der Waals surface area contributed by atoms with Gasteiger partial charge in [0.1, 0.15) is 0 Å². The monoisotopic (exact) mass is 266 g/mol. The largest absolute Gasteiger partial charge is 0.0625 e. The average molecular weight is 267 g/mol. The Morgan fingerprint density at radius 1 is 0.526 bits per heavy atom. The van der Waals surface area contributed by atoms with Crippen LogP contribution in [0.4, 0.5) is 0 Å². The van der Waals surface area contributed by atoms with E-state index in [0.29, 0.717) is 0 Å². The summed E-state index contributed by atoms with van der Waals surface area (Å²) in [5.74, 6) is 0.952. The molecular formula is C19H38. The lowest BCUT2D eigenvalue weighted by atomic mass is 9.96. The minimum atomic E-state index is 0.952. The van der Waals surface area contributed by atoms with E-state index < -0.39 is 0 Å². The standard InChI is InChI=1S/C19H38/c1-4-6-8-10-12-14-16-18-19(3)17-15-13-11-9-7-5-2/h19H,1-2,4-18H2,3H3. The molecule has 0 N–H and O–H groups in total. The third kappa shape index (κ3) is 15.9. The molecule has 2 radical (unpaired) electrons. The summed E-state index contributed by atoms with van der Waals surface area (Å²) in [6, 6.07) is 0. The van der Waals surface area contributed by atoms with Gasteiger partial charge in [-0.25, -0.2) is 0 Å². The lowest BCUT2D eigenvalue weighted by Crippen LogP contribution is -1.95. The van der Waals surface area contributed by atoms with Crippen molar-refractivity contribution in [1.29, 1.82) is 0 Å². The zero-order valence-electron chi connectivity index (χ0n) is 13.6. The Balaban J connectivity index is 3.10. The summed E-state index contributed by atoms with van der Waals surface area (Å²) in [5, 5.41) is 0. The van der Waals surface area contributed by atoms with Crippen LogP contribution < -0.4 is 0 Å². The SMILES string of the molecule is [CH2]CCCCCCCCC(C)CCCCCCC[CH2]. The van der Waals surface area contributed by atoms with Gasteiger partial charge in [0.2, 0.25) is 0 Å². The lowest BCUT2D eigenvalue weighted by molar-refractivity contribution is 0.431. The molecule has 0 amide bonds. The zero-order chi connectivity index (χ0) is 14.2. The average Bonchev–Trinajstić information content (AvgIpc) is 2.41. The second-order valence-electron chi connectivity index (χ2n) is 6.28. The predicted molar refractivity (Wildman–Crippen MR) is 89.1 cm³/mol. The van der Waals surface area contributed by atoms with Crippen LogP contribution in [0.15, 0.2) is 0 Å². The van der Waals surface area contributed by atoms with E-state index in [9.17, 15) is 0 Å². The van der Waals surface area contributed by atoms with Gasteiger partial charge in [-0.15, -0.1) is 0 Å². The van der Waals surface area contributed by atoms with Crippen LogP contribution in [0, 0.1) is 19.8 Å². The van der Waals surface area contributed by atoms with Crippen molar-refractivity contribution < 1.29 is 0 Å². The molecule has 0 heteroatoms. The first-order valence-corrected chi connectivity index (χ1v) is 8.89. The molecule has 0 bridgehead atoms. The summed E-state index contributed by atoms with van der Waals surface area (Å²) in [6.07, 6.45) is 20.7. The Labute approximate surface area is 123 Å². The molecule has 0 aliphatic heterocycles. The zero-order valence-corrected chi connectivity index (χ0v) is 13.6. The molecule has 0 aliphatic carbocycles. The van der Waals surface area contributed by atoms with Crippen molar-refractivity contribution in [1.82, 2.24) is 0 Å². The molecule has 0 aliphatic rings. The Morgan fingerprint density at radius 2 is 0.842 bits per heavy atom. The van der Waals surface area contributed by atoms with E-state index in [1.807, 2.05) is 0 Å². The highest BCUT2D eigenvalue weighted by Crippen LogP contribution is 2.18. The summed E-state index contributed by atoms with van der Waals surface area (Å²) < 4.78 is 0. The van der Waals surface area contributed by atoms with E-state index in [1.54, 1.807) is 0 Å². The maximum Gasteiger partial charge on any atom is -0.0443 e. The highest BCUT2D eigenvalue weighted by atomic mass is 14.1. The second-order valence-corrected chi connectivity index (χ2v) is 6.28. The van der Waals surface area contributed by atoms with Crippen LogP contribution in [0.5, 0.6) is 0 Å². The molecule has 0 aromatic heterocycles. The van der Waals surface area contributed by atoms with Crippen LogP contribution in [0.3, 0.4) is 0 Å². The molecule has 0 saturated carbocycles. The van der Waals surface area contributed by atoms with Gasteiger partial charge in [-0.3, -0.25) is 0 Å². The van der Waals surface area contributed by atoms with E-state index in [1.165, 1.54) is 83.5 Å². The van der Waals surface area contributed by atoms with Gasteiger partial charge in [-0.2, -0.15) is 0 Å². The van der Waals surface area contributed by atoms with E-state index in [-0.39, 0.29) is 0 Å². The molecule has 1 atom stereocenters. The van der Waals surface area contributed by atoms with Crippen LogP contribution in [0.1, 0.15) is 103 Å². The summed E-state index contributed by atoms with van der Waals surface area (Å²) in [7, 11) is 0. The van der Waals surface area contributed by atoms with Crippen molar-refractivity contribution >= 4 is 0 Å². The smallest absolute Gasteiger partial charge is 0.0443 e. The summed E-state index contributed by atoms with van der Waals surface area (Å²) in [6.45, 7) is 10.2. The predicted octanol–water partition coefficient (Wildman–Crippen LogP) is 7.14. The quantitative estimate of drug-likeness (QED) is 0.276. The van der Waals surface area contributed by atoms with Crippen molar-refractivity contribution in [3.05, 3.63) is 13.8 Å². The minimum Gasteiger partial charge on any atom is -0.0625 e. The second kappa shape index (κ2) is 16.1. The van der Waals surface area contributed by atoms with Crippen LogP contribution in [-0.2, 0) is 0 Å². The van der Waals surface area contributed by atoms with Gasteiger partial charge in [-0.05, 0) is 5.92 Å². The van der Waals surface area contributed by atoms with Crippen molar-refractivity contribution in [3.8, 4) is 0 Å². The van der Waals surface area contributed by atoms with E-state index in [2.05, 4.69) is 20.8 Å². The van der Waals surface area contributed by atoms with Gasteiger partial charge in [0.05, 0.1) is 0 Å². The van der Waals surface area contributed by atoms with Crippen molar-refractivity contribution in [2.24, 2.45) is 5.92 Å².